The number of hydrogen-bond acceptors (Lipinski definition) is 3. The van der Waals surface area contributed by atoms with Gasteiger partial charge in [0.2, 0.25) is 0 Å². The van der Waals surface area contributed by atoms with Crippen LogP contribution in [0.15, 0.2) is 109 Å². The van der Waals surface area contributed by atoms with Crippen LogP contribution in [0.1, 0.15) is 30.5 Å². The number of benzene rings is 5. The fraction of sp³-hybridized carbons (Fsp3) is 0.143. The maximum absolute atomic E-state index is 4.41. The van der Waals surface area contributed by atoms with Crippen LogP contribution in [0.3, 0.4) is 0 Å². The van der Waals surface area contributed by atoms with Crippen LogP contribution >= 0.6 is 0 Å². The summed E-state index contributed by atoms with van der Waals surface area (Å²) in [5.41, 5.74) is 13.0. The number of nitrogens with zero attached hydrogens (tertiary/aromatic N) is 4. The number of aromatic nitrogens is 2. The van der Waals surface area contributed by atoms with Crippen LogP contribution in [0.2, 0.25) is 0 Å². The van der Waals surface area contributed by atoms with E-state index in [2.05, 4.69) is 170 Å². The van der Waals surface area contributed by atoms with Crippen molar-refractivity contribution in [1.29, 1.82) is 0 Å². The molecule has 1 aliphatic heterocycles. The molecule has 0 aliphatic carbocycles. The number of pyridine rings is 1. The average molecular weight is 788 g/mol. The zero-order valence-electron chi connectivity index (χ0n) is 27.2. The SMILES string of the molecule is CC(C)N1[CH-]N(c2[c-]c3c(cc2)c2cccc4c5ccccc5n3c24)c2ccccc21.Cc1c[c-]c(-c2cc(C)c(C)cn2)cc1.[Ir+3]. The number of rotatable bonds is 3. The molecule has 4 nitrogen and oxygen atoms in total. The molecule has 4 heterocycles. The van der Waals surface area contributed by atoms with E-state index >= 15 is 0 Å². The first kappa shape index (κ1) is 30.9. The molecule has 8 aromatic rings. The van der Waals surface area contributed by atoms with Gasteiger partial charge in [-0.25, -0.2) is 0 Å². The maximum Gasteiger partial charge on any atom is 3.00 e. The molecule has 0 atom stereocenters. The molecule has 0 radical (unpaired) electrons. The van der Waals surface area contributed by atoms with Crippen molar-refractivity contribution in [2.24, 2.45) is 0 Å². The maximum atomic E-state index is 4.41. The van der Waals surface area contributed by atoms with E-state index in [4.69, 9.17) is 0 Å². The molecule has 0 unspecified atom stereocenters. The summed E-state index contributed by atoms with van der Waals surface area (Å²) in [6, 6.07) is 44.0. The fourth-order valence-corrected chi connectivity index (χ4v) is 6.65. The Bertz CT molecular complexity index is 2370. The Kier molecular flexibility index (Phi) is 7.99. The van der Waals surface area contributed by atoms with Crippen LogP contribution in [0.5, 0.6) is 0 Å². The summed E-state index contributed by atoms with van der Waals surface area (Å²) < 4.78 is 2.39. The third kappa shape index (κ3) is 5.15. The van der Waals surface area contributed by atoms with Gasteiger partial charge in [0.1, 0.15) is 0 Å². The summed E-state index contributed by atoms with van der Waals surface area (Å²) in [6.45, 7) is 12.9. The van der Waals surface area contributed by atoms with Crippen LogP contribution in [0.25, 0.3) is 49.4 Å². The molecule has 3 aromatic heterocycles. The van der Waals surface area contributed by atoms with Crippen molar-refractivity contribution in [2.45, 2.75) is 40.7 Å². The fourth-order valence-electron chi connectivity index (χ4n) is 6.65. The largest absolute Gasteiger partial charge is 3.00 e. The molecule has 0 bridgehead atoms. The summed E-state index contributed by atoms with van der Waals surface area (Å²) in [5.74, 6) is 0. The second kappa shape index (κ2) is 12.1. The van der Waals surface area contributed by atoms with E-state index in [0.29, 0.717) is 6.04 Å². The Morgan fingerprint density at radius 2 is 1.45 bits per heavy atom. The molecular weight excluding hydrogens is 753 g/mol. The van der Waals surface area contributed by atoms with Crippen LogP contribution in [0.4, 0.5) is 17.1 Å². The zero-order valence-corrected chi connectivity index (χ0v) is 29.6. The minimum Gasteiger partial charge on any atom is -0.499 e. The van der Waals surface area contributed by atoms with Gasteiger partial charge in [0, 0.05) is 33.9 Å². The first-order valence-corrected chi connectivity index (χ1v) is 15.9. The molecule has 0 amide bonds. The Hall–Kier alpha value is -4.70. The molecule has 0 saturated carbocycles. The van der Waals surface area contributed by atoms with Gasteiger partial charge in [-0.15, -0.1) is 58.6 Å². The van der Waals surface area contributed by atoms with E-state index in [0.717, 1.165) is 22.5 Å². The van der Waals surface area contributed by atoms with E-state index in [-0.39, 0.29) is 20.1 Å². The average Bonchev–Trinajstić information content (AvgIpc) is 3.74. The molecule has 47 heavy (non-hydrogen) atoms. The first-order valence-electron chi connectivity index (χ1n) is 15.9. The van der Waals surface area contributed by atoms with Gasteiger partial charge in [0.15, 0.2) is 0 Å². The Balaban J connectivity index is 0.000000186. The van der Waals surface area contributed by atoms with Crippen LogP contribution in [0, 0.1) is 39.6 Å². The van der Waals surface area contributed by atoms with E-state index in [9.17, 15) is 0 Å². The van der Waals surface area contributed by atoms with E-state index < -0.39 is 0 Å². The van der Waals surface area contributed by atoms with E-state index in [1.165, 1.54) is 60.6 Å². The molecule has 0 saturated heterocycles. The smallest absolute Gasteiger partial charge is 0.499 e. The predicted molar refractivity (Wildman–Crippen MR) is 193 cm³/mol. The van der Waals surface area contributed by atoms with Gasteiger partial charge in [-0.05, 0) is 68.6 Å². The number of aryl methyl sites for hydroxylation is 3. The van der Waals surface area contributed by atoms with Crippen LogP contribution < -0.4 is 9.80 Å². The summed E-state index contributed by atoms with van der Waals surface area (Å²) in [6.07, 6.45) is 1.92. The van der Waals surface area contributed by atoms with Gasteiger partial charge < -0.3 is 19.2 Å². The number of para-hydroxylation sites is 4. The van der Waals surface area contributed by atoms with Crippen molar-refractivity contribution >= 4 is 55.2 Å². The standard InChI is InChI=1S/C28H21N3.C14H14N.Ir/c1-18(2)29-17-30(26-13-6-5-12-25(26)29)19-14-15-21-23-10-7-9-22-20-8-3-4-11-24(20)31(28(22)23)27(21)16-19;1-10-4-6-13(7-5-10)14-8-11(2)12(3)9-15-14;/h3-15,17-18H,1-2H3;4-6,8-9H,1-3H3;/q-2;-1;+3. The van der Waals surface area contributed by atoms with Gasteiger partial charge >= 0.3 is 20.1 Å². The summed E-state index contributed by atoms with van der Waals surface area (Å²) >= 11 is 0. The summed E-state index contributed by atoms with van der Waals surface area (Å²) in [5, 5.41) is 5.15. The summed E-state index contributed by atoms with van der Waals surface area (Å²) in [7, 11) is 0. The van der Waals surface area contributed by atoms with Crippen molar-refractivity contribution in [3.05, 3.63) is 145 Å². The summed E-state index contributed by atoms with van der Waals surface area (Å²) in [4.78, 5) is 9.00. The van der Waals surface area contributed by atoms with Crippen molar-refractivity contribution < 1.29 is 20.1 Å². The molecule has 0 fully saturated rings. The van der Waals surface area contributed by atoms with Crippen molar-refractivity contribution in [3.63, 3.8) is 0 Å². The minimum atomic E-state index is 0. The number of anilines is 3. The van der Waals surface area contributed by atoms with Gasteiger partial charge in [-0.3, -0.25) is 0 Å². The third-order valence-corrected chi connectivity index (χ3v) is 9.21. The molecule has 1 aliphatic rings. The van der Waals surface area contributed by atoms with Gasteiger partial charge in [-0.2, -0.15) is 12.7 Å². The second-order valence-electron chi connectivity index (χ2n) is 12.6. The van der Waals surface area contributed by atoms with Crippen molar-refractivity contribution in [1.82, 2.24) is 9.38 Å². The molecule has 5 aromatic carbocycles. The Labute approximate surface area is 290 Å². The molecule has 9 rings (SSSR count). The van der Waals surface area contributed by atoms with E-state index in [1.807, 2.05) is 12.3 Å². The third-order valence-electron chi connectivity index (χ3n) is 9.21. The second-order valence-corrected chi connectivity index (χ2v) is 12.6. The predicted octanol–water partition coefficient (Wildman–Crippen LogP) is 10.6. The first-order chi connectivity index (χ1) is 22.4. The zero-order chi connectivity index (χ0) is 31.5. The number of hydrogen-bond donors (Lipinski definition) is 0. The monoisotopic (exact) mass is 788 g/mol. The molecule has 5 heteroatoms. The Morgan fingerprint density at radius 1 is 0.723 bits per heavy atom. The van der Waals surface area contributed by atoms with Gasteiger partial charge in [-0.1, -0.05) is 72.6 Å². The molecule has 0 N–H and O–H groups in total. The topological polar surface area (TPSA) is 23.8 Å². The normalized spacial score (nSPS) is 12.6. The molecule has 232 valence electrons. The van der Waals surface area contributed by atoms with Crippen molar-refractivity contribution in [2.75, 3.05) is 9.80 Å². The molecular formula is C42H35IrN4. The molecule has 0 spiro atoms. The number of fused-ring (bicyclic) bond motifs is 7. The van der Waals surface area contributed by atoms with Gasteiger partial charge in [0.25, 0.3) is 0 Å². The minimum absolute atomic E-state index is 0. The van der Waals surface area contributed by atoms with Crippen LogP contribution in [-0.4, -0.2) is 15.4 Å². The quantitative estimate of drug-likeness (QED) is 0.167. The van der Waals surface area contributed by atoms with E-state index in [1.54, 1.807) is 0 Å². The Morgan fingerprint density at radius 3 is 2.19 bits per heavy atom. The van der Waals surface area contributed by atoms with Crippen molar-refractivity contribution in [3.8, 4) is 11.3 Å². The van der Waals surface area contributed by atoms with Gasteiger partial charge in [0.05, 0.1) is 5.52 Å². The van der Waals surface area contributed by atoms with Crippen LogP contribution in [-0.2, 0) is 20.1 Å².